The van der Waals surface area contributed by atoms with E-state index in [9.17, 15) is 9.90 Å². The van der Waals surface area contributed by atoms with Crippen molar-refractivity contribution in [2.45, 2.75) is 38.9 Å². The second-order valence-corrected chi connectivity index (χ2v) is 4.55. The highest BCUT2D eigenvalue weighted by Crippen LogP contribution is 2.46. The maximum atomic E-state index is 11.3. The van der Waals surface area contributed by atoms with E-state index >= 15 is 0 Å². The predicted octanol–water partition coefficient (Wildman–Crippen LogP) is 1.30. The van der Waals surface area contributed by atoms with E-state index in [-0.39, 0.29) is 17.8 Å². The van der Waals surface area contributed by atoms with E-state index in [4.69, 9.17) is 4.74 Å². The minimum Gasteiger partial charge on any atom is -0.433 e. The molecule has 0 aromatic heterocycles. The molecule has 0 aromatic carbocycles. The molecule has 4 atom stereocenters. The van der Waals surface area contributed by atoms with Crippen LogP contribution in [-0.4, -0.2) is 16.9 Å². The van der Waals surface area contributed by atoms with Crippen molar-refractivity contribution < 1.29 is 14.6 Å². The highest BCUT2D eigenvalue weighted by atomic mass is 16.7. The smallest absolute Gasteiger partial charge is 0.311 e. The number of hydrogen-bond acceptors (Lipinski definition) is 3. The van der Waals surface area contributed by atoms with Crippen molar-refractivity contribution in [3.05, 3.63) is 0 Å². The molecule has 0 aromatic rings. The van der Waals surface area contributed by atoms with Crippen molar-refractivity contribution in [3.8, 4) is 0 Å². The van der Waals surface area contributed by atoms with Gasteiger partial charge in [-0.3, -0.25) is 4.79 Å². The number of hydrogen-bond donors (Lipinski definition) is 1. The van der Waals surface area contributed by atoms with Gasteiger partial charge in [0, 0.05) is 12.3 Å². The molecular formula is C10H16O3. The monoisotopic (exact) mass is 184 g/mol. The second kappa shape index (κ2) is 2.71. The first kappa shape index (κ1) is 9.00. The summed E-state index contributed by atoms with van der Waals surface area (Å²) in [5.74, 6) is -1.02. The fourth-order valence-corrected chi connectivity index (χ4v) is 2.63. The average Bonchev–Trinajstić information content (AvgIpc) is 2.22. The lowest BCUT2D eigenvalue weighted by Gasteiger charge is -2.36. The Hall–Kier alpha value is -0.570. The first-order chi connectivity index (χ1) is 6.03. The lowest BCUT2D eigenvalue weighted by Crippen LogP contribution is -2.41. The van der Waals surface area contributed by atoms with Gasteiger partial charge in [-0.1, -0.05) is 13.8 Å². The van der Waals surface area contributed by atoms with Crippen molar-refractivity contribution in [1.82, 2.24) is 0 Å². The molecular weight excluding hydrogens is 168 g/mol. The molecule has 1 heterocycles. The van der Waals surface area contributed by atoms with Gasteiger partial charge in [0.05, 0.1) is 5.92 Å². The van der Waals surface area contributed by atoms with E-state index in [1.54, 1.807) is 0 Å². The number of carbonyl (C=O) groups excluding carboxylic acids is 1. The molecule has 4 unspecified atom stereocenters. The molecule has 2 fully saturated rings. The molecule has 3 heteroatoms. The normalized spacial score (nSPS) is 50.1. The van der Waals surface area contributed by atoms with Crippen LogP contribution in [0.25, 0.3) is 0 Å². The number of aliphatic hydroxyl groups is 1. The Balaban J connectivity index is 2.22. The lowest BCUT2D eigenvalue weighted by molar-refractivity contribution is -0.217. The minimum atomic E-state index is -1.14. The molecule has 2 aliphatic rings. The summed E-state index contributed by atoms with van der Waals surface area (Å²) in [5, 5.41) is 10.1. The van der Waals surface area contributed by atoms with Crippen LogP contribution in [-0.2, 0) is 9.53 Å². The number of rotatable bonds is 0. The number of fused-ring (bicyclic) bond motifs is 1. The van der Waals surface area contributed by atoms with Crippen LogP contribution in [0.5, 0.6) is 0 Å². The maximum absolute atomic E-state index is 11.3. The zero-order valence-electron chi connectivity index (χ0n) is 8.12. The molecule has 13 heavy (non-hydrogen) atoms. The van der Waals surface area contributed by atoms with Crippen molar-refractivity contribution in [2.24, 2.45) is 17.8 Å². The Kier molecular flexibility index (Phi) is 1.88. The summed E-state index contributed by atoms with van der Waals surface area (Å²) < 4.78 is 5.05. The molecule has 0 amide bonds. The third kappa shape index (κ3) is 1.26. The van der Waals surface area contributed by atoms with Crippen LogP contribution in [0.15, 0.2) is 0 Å². The minimum absolute atomic E-state index is 0.0243. The first-order valence-electron chi connectivity index (χ1n) is 4.98. The molecule has 1 saturated heterocycles. The Morgan fingerprint density at radius 3 is 2.85 bits per heavy atom. The van der Waals surface area contributed by atoms with Gasteiger partial charge in [0.1, 0.15) is 0 Å². The van der Waals surface area contributed by atoms with E-state index < -0.39 is 5.79 Å². The van der Waals surface area contributed by atoms with Gasteiger partial charge in [-0.2, -0.15) is 0 Å². The maximum Gasteiger partial charge on any atom is 0.311 e. The van der Waals surface area contributed by atoms with Gasteiger partial charge in [-0.05, 0) is 18.8 Å². The molecule has 0 spiro atoms. The Morgan fingerprint density at radius 2 is 2.15 bits per heavy atom. The summed E-state index contributed by atoms with van der Waals surface area (Å²) in [6.07, 6.45) is 2.60. The molecule has 1 saturated carbocycles. The molecule has 1 N–H and O–H groups in total. The topological polar surface area (TPSA) is 46.5 Å². The molecule has 0 radical (unpaired) electrons. The molecule has 1 aliphatic carbocycles. The van der Waals surface area contributed by atoms with Gasteiger partial charge in [-0.15, -0.1) is 0 Å². The zero-order chi connectivity index (χ0) is 9.64. The van der Waals surface area contributed by atoms with Gasteiger partial charge in [0.15, 0.2) is 0 Å². The van der Waals surface area contributed by atoms with Crippen LogP contribution in [0, 0.1) is 17.8 Å². The van der Waals surface area contributed by atoms with Crippen LogP contribution in [0.4, 0.5) is 0 Å². The lowest BCUT2D eigenvalue weighted by atomic mass is 9.74. The molecule has 2 rings (SSSR count). The molecule has 3 nitrogen and oxygen atoms in total. The van der Waals surface area contributed by atoms with Crippen LogP contribution < -0.4 is 0 Å². The van der Waals surface area contributed by atoms with Crippen LogP contribution in [0.3, 0.4) is 0 Å². The summed E-state index contributed by atoms with van der Waals surface area (Å²) in [5.41, 5.74) is 0. The van der Waals surface area contributed by atoms with Gasteiger partial charge in [0.2, 0.25) is 5.79 Å². The number of carbonyl (C=O) groups is 1. The molecule has 1 aliphatic heterocycles. The number of esters is 1. The van der Waals surface area contributed by atoms with Gasteiger partial charge in [0.25, 0.3) is 0 Å². The van der Waals surface area contributed by atoms with Crippen molar-refractivity contribution in [1.29, 1.82) is 0 Å². The Labute approximate surface area is 78.1 Å². The number of ether oxygens (including phenoxy) is 1. The van der Waals surface area contributed by atoms with Crippen LogP contribution in [0.1, 0.15) is 33.1 Å². The van der Waals surface area contributed by atoms with E-state index in [1.807, 2.05) is 6.92 Å². The van der Waals surface area contributed by atoms with E-state index in [2.05, 4.69) is 6.92 Å². The summed E-state index contributed by atoms with van der Waals surface area (Å²) in [6, 6.07) is 0. The largest absolute Gasteiger partial charge is 0.433 e. The Bertz CT molecular complexity index is 238. The van der Waals surface area contributed by atoms with Crippen LogP contribution >= 0.6 is 0 Å². The Morgan fingerprint density at radius 1 is 1.46 bits per heavy atom. The van der Waals surface area contributed by atoms with E-state index in [0.29, 0.717) is 12.3 Å². The predicted molar refractivity (Wildman–Crippen MR) is 46.7 cm³/mol. The van der Waals surface area contributed by atoms with Crippen molar-refractivity contribution >= 4 is 5.97 Å². The summed E-state index contributed by atoms with van der Waals surface area (Å²) in [6.45, 7) is 3.94. The summed E-state index contributed by atoms with van der Waals surface area (Å²) in [4.78, 5) is 11.3. The second-order valence-electron chi connectivity index (χ2n) is 4.55. The highest BCUT2D eigenvalue weighted by molar-refractivity contribution is 5.75. The third-order valence-corrected chi connectivity index (χ3v) is 3.44. The van der Waals surface area contributed by atoms with Gasteiger partial charge in [-0.25, -0.2) is 0 Å². The molecule has 74 valence electrons. The van der Waals surface area contributed by atoms with E-state index in [0.717, 1.165) is 12.8 Å². The standard InChI is InChI=1S/C10H16O3/c1-6-3-4-8-7(2)9(11)13-10(8,12)5-6/h6-8,12H,3-5H2,1-2H3. The fourth-order valence-electron chi connectivity index (χ4n) is 2.63. The average molecular weight is 184 g/mol. The summed E-state index contributed by atoms with van der Waals surface area (Å²) in [7, 11) is 0. The third-order valence-electron chi connectivity index (χ3n) is 3.44. The highest BCUT2D eigenvalue weighted by Gasteiger charge is 2.54. The van der Waals surface area contributed by atoms with Crippen molar-refractivity contribution in [2.75, 3.05) is 0 Å². The SMILES string of the molecule is CC1CCC2C(C)C(=O)OC2(O)C1. The fraction of sp³-hybridized carbons (Fsp3) is 0.900. The molecule has 0 bridgehead atoms. The van der Waals surface area contributed by atoms with Crippen LogP contribution in [0.2, 0.25) is 0 Å². The van der Waals surface area contributed by atoms with Gasteiger partial charge >= 0.3 is 5.97 Å². The van der Waals surface area contributed by atoms with E-state index in [1.165, 1.54) is 0 Å². The quantitative estimate of drug-likeness (QED) is 0.577. The summed E-state index contributed by atoms with van der Waals surface area (Å²) >= 11 is 0. The van der Waals surface area contributed by atoms with Gasteiger partial charge < -0.3 is 9.84 Å². The zero-order valence-corrected chi connectivity index (χ0v) is 8.12. The van der Waals surface area contributed by atoms with Crippen molar-refractivity contribution in [3.63, 3.8) is 0 Å². The first-order valence-corrected chi connectivity index (χ1v) is 4.98.